The highest BCUT2D eigenvalue weighted by Crippen LogP contribution is 2.34. The number of rotatable bonds is 5. The first-order chi connectivity index (χ1) is 7.18. The third kappa shape index (κ3) is 4.21. The largest absolute Gasteiger partial charge is 0.382 e. The van der Waals surface area contributed by atoms with Crippen molar-refractivity contribution < 1.29 is 9.47 Å². The Hall–Kier alpha value is -0.560. The van der Waals surface area contributed by atoms with Crippen LogP contribution in [0.5, 0.6) is 0 Å². The van der Waals surface area contributed by atoms with Crippen LogP contribution in [0, 0.1) is 0 Å². The molecule has 0 aromatic carbocycles. The van der Waals surface area contributed by atoms with Crippen LogP contribution >= 0.6 is 0 Å². The third-order valence-electron chi connectivity index (χ3n) is 2.75. The normalized spacial score (nSPS) is 18.6. The molecule has 2 nitrogen and oxygen atoms in total. The van der Waals surface area contributed by atoms with E-state index in [9.17, 15) is 0 Å². The lowest BCUT2D eigenvalue weighted by Crippen LogP contribution is -2.27. The van der Waals surface area contributed by atoms with Gasteiger partial charge in [-0.1, -0.05) is 12.8 Å². The van der Waals surface area contributed by atoms with E-state index in [2.05, 4.69) is 25.7 Å². The molecule has 0 radical (unpaired) electrons. The van der Waals surface area contributed by atoms with Crippen LogP contribution in [-0.2, 0) is 9.47 Å². The molecule has 1 aliphatic rings. The fourth-order valence-electron chi connectivity index (χ4n) is 1.91. The van der Waals surface area contributed by atoms with Crippen molar-refractivity contribution in [1.82, 2.24) is 0 Å². The standard InChI is InChI=1S/C13H22O2/c1-12(2)6-9-13(7-4-5-8-13)15-11-10-14-3/h9H,4-5,7-8,10-11H2,1-3H3. The molecule has 0 heterocycles. The Morgan fingerprint density at radius 1 is 1.27 bits per heavy atom. The van der Waals surface area contributed by atoms with Gasteiger partial charge in [-0.25, -0.2) is 0 Å². The van der Waals surface area contributed by atoms with Gasteiger partial charge in [0.1, 0.15) is 0 Å². The van der Waals surface area contributed by atoms with Crippen LogP contribution in [0.2, 0.25) is 0 Å². The summed E-state index contributed by atoms with van der Waals surface area (Å²) in [6, 6.07) is 0. The SMILES string of the molecule is COCCOC1(C=C=C(C)C)CCCC1. The van der Waals surface area contributed by atoms with Crippen molar-refractivity contribution in [1.29, 1.82) is 0 Å². The summed E-state index contributed by atoms with van der Waals surface area (Å²) in [6.07, 6.45) is 6.88. The number of methoxy groups -OCH3 is 1. The van der Waals surface area contributed by atoms with Gasteiger partial charge in [-0.2, -0.15) is 0 Å². The van der Waals surface area contributed by atoms with Gasteiger partial charge < -0.3 is 9.47 Å². The predicted octanol–water partition coefficient (Wildman–Crippen LogP) is 3.08. The summed E-state index contributed by atoms with van der Waals surface area (Å²) in [7, 11) is 1.70. The average Bonchev–Trinajstić information content (AvgIpc) is 2.65. The van der Waals surface area contributed by atoms with E-state index in [1.807, 2.05) is 0 Å². The molecule has 0 unspecified atom stereocenters. The van der Waals surface area contributed by atoms with Crippen LogP contribution in [0.3, 0.4) is 0 Å². The quantitative estimate of drug-likeness (QED) is 0.513. The van der Waals surface area contributed by atoms with Crippen LogP contribution in [0.1, 0.15) is 39.5 Å². The Morgan fingerprint density at radius 2 is 1.93 bits per heavy atom. The number of hydrogen-bond donors (Lipinski definition) is 0. The second kappa shape index (κ2) is 6.12. The van der Waals surface area contributed by atoms with Crippen molar-refractivity contribution in [3.63, 3.8) is 0 Å². The molecule has 1 rings (SSSR count). The molecule has 0 atom stereocenters. The summed E-state index contributed by atoms with van der Waals surface area (Å²) < 4.78 is 10.9. The molecule has 1 aliphatic carbocycles. The first-order valence-corrected chi connectivity index (χ1v) is 5.72. The highest BCUT2D eigenvalue weighted by Gasteiger charge is 2.31. The van der Waals surface area contributed by atoms with Crippen LogP contribution < -0.4 is 0 Å². The van der Waals surface area contributed by atoms with Gasteiger partial charge in [0.05, 0.1) is 18.8 Å². The second-order valence-electron chi connectivity index (χ2n) is 4.40. The topological polar surface area (TPSA) is 18.5 Å². The lowest BCUT2D eigenvalue weighted by atomic mass is 10.0. The molecular weight excluding hydrogens is 188 g/mol. The summed E-state index contributed by atoms with van der Waals surface area (Å²) >= 11 is 0. The molecule has 2 heteroatoms. The van der Waals surface area contributed by atoms with Crippen LogP contribution in [0.15, 0.2) is 17.4 Å². The highest BCUT2D eigenvalue weighted by atomic mass is 16.5. The molecule has 0 aliphatic heterocycles. The molecule has 1 saturated carbocycles. The molecule has 0 aromatic rings. The maximum atomic E-state index is 5.93. The molecule has 0 aromatic heterocycles. The van der Waals surface area contributed by atoms with Crippen LogP contribution in [-0.4, -0.2) is 25.9 Å². The van der Waals surface area contributed by atoms with Crippen molar-refractivity contribution in [3.8, 4) is 0 Å². The first kappa shape index (κ1) is 12.5. The summed E-state index contributed by atoms with van der Waals surface area (Å²) in [5, 5.41) is 0. The smallest absolute Gasteiger partial charge is 0.0936 e. The Bertz CT molecular complexity index is 239. The van der Waals surface area contributed by atoms with E-state index >= 15 is 0 Å². The van der Waals surface area contributed by atoms with Gasteiger partial charge in [-0.3, -0.25) is 0 Å². The molecule has 0 saturated heterocycles. The van der Waals surface area contributed by atoms with E-state index < -0.39 is 0 Å². The van der Waals surface area contributed by atoms with E-state index in [0.717, 1.165) is 12.8 Å². The maximum absolute atomic E-state index is 5.93. The fourth-order valence-corrected chi connectivity index (χ4v) is 1.91. The fraction of sp³-hybridized carbons (Fsp3) is 0.769. The molecule has 86 valence electrons. The van der Waals surface area contributed by atoms with E-state index in [-0.39, 0.29) is 5.60 Å². The summed E-state index contributed by atoms with van der Waals surface area (Å²) in [5.74, 6) is 0. The third-order valence-corrected chi connectivity index (χ3v) is 2.75. The molecule has 1 fully saturated rings. The first-order valence-electron chi connectivity index (χ1n) is 5.72. The Labute approximate surface area is 93.0 Å². The van der Waals surface area contributed by atoms with Crippen molar-refractivity contribution in [2.45, 2.75) is 45.1 Å². The van der Waals surface area contributed by atoms with Gasteiger partial charge in [-0.05, 0) is 38.3 Å². The zero-order valence-electron chi connectivity index (χ0n) is 10.1. The van der Waals surface area contributed by atoms with E-state index in [4.69, 9.17) is 9.47 Å². The van der Waals surface area contributed by atoms with Gasteiger partial charge in [0.15, 0.2) is 0 Å². The second-order valence-corrected chi connectivity index (χ2v) is 4.40. The molecule has 15 heavy (non-hydrogen) atoms. The van der Waals surface area contributed by atoms with Crippen LogP contribution in [0.25, 0.3) is 0 Å². The molecule has 0 spiro atoms. The minimum Gasteiger partial charge on any atom is -0.382 e. The van der Waals surface area contributed by atoms with E-state index in [1.165, 1.54) is 18.4 Å². The maximum Gasteiger partial charge on any atom is 0.0936 e. The Kier molecular flexibility index (Phi) is 5.10. The minimum absolute atomic E-state index is 0.0597. The lowest BCUT2D eigenvalue weighted by molar-refractivity contribution is -0.0270. The molecule has 0 amide bonds. The summed E-state index contributed by atoms with van der Waals surface area (Å²) in [6.45, 7) is 5.48. The van der Waals surface area contributed by atoms with Crippen molar-refractivity contribution >= 4 is 0 Å². The van der Waals surface area contributed by atoms with Crippen molar-refractivity contribution in [2.75, 3.05) is 20.3 Å². The number of hydrogen-bond acceptors (Lipinski definition) is 2. The number of ether oxygens (including phenoxy) is 2. The Balaban J connectivity index is 2.58. The lowest BCUT2D eigenvalue weighted by Gasteiger charge is -2.24. The van der Waals surface area contributed by atoms with Gasteiger partial charge in [-0.15, -0.1) is 5.73 Å². The summed E-state index contributed by atoms with van der Waals surface area (Å²) in [5.41, 5.74) is 4.43. The van der Waals surface area contributed by atoms with Gasteiger partial charge in [0.25, 0.3) is 0 Å². The zero-order chi connectivity index (χ0) is 11.1. The van der Waals surface area contributed by atoms with Crippen molar-refractivity contribution in [2.24, 2.45) is 0 Å². The molecular formula is C13H22O2. The minimum atomic E-state index is -0.0597. The summed E-state index contributed by atoms with van der Waals surface area (Å²) in [4.78, 5) is 0. The van der Waals surface area contributed by atoms with Gasteiger partial charge in [0, 0.05) is 7.11 Å². The highest BCUT2D eigenvalue weighted by molar-refractivity contribution is 5.07. The van der Waals surface area contributed by atoms with E-state index in [0.29, 0.717) is 13.2 Å². The average molecular weight is 210 g/mol. The predicted molar refractivity (Wildman–Crippen MR) is 62.0 cm³/mol. The van der Waals surface area contributed by atoms with Gasteiger partial charge >= 0.3 is 0 Å². The molecule has 0 N–H and O–H groups in total. The molecule has 0 bridgehead atoms. The van der Waals surface area contributed by atoms with E-state index in [1.54, 1.807) is 7.11 Å². The Morgan fingerprint density at radius 3 is 2.47 bits per heavy atom. The van der Waals surface area contributed by atoms with Crippen molar-refractivity contribution in [3.05, 3.63) is 17.4 Å². The zero-order valence-corrected chi connectivity index (χ0v) is 10.1. The van der Waals surface area contributed by atoms with Gasteiger partial charge in [0.2, 0.25) is 0 Å². The monoisotopic (exact) mass is 210 g/mol. The van der Waals surface area contributed by atoms with Crippen LogP contribution in [0.4, 0.5) is 0 Å².